The van der Waals surface area contributed by atoms with E-state index < -0.39 is 0 Å². The fourth-order valence-electron chi connectivity index (χ4n) is 2.69. The van der Waals surface area contributed by atoms with Gasteiger partial charge in [0.2, 0.25) is 0 Å². The lowest BCUT2D eigenvalue weighted by atomic mass is 10.0. The lowest BCUT2D eigenvalue weighted by molar-refractivity contribution is 0.123. The molecule has 0 amide bonds. The van der Waals surface area contributed by atoms with Crippen molar-refractivity contribution < 1.29 is 5.11 Å². The highest BCUT2D eigenvalue weighted by molar-refractivity contribution is 5.18. The summed E-state index contributed by atoms with van der Waals surface area (Å²) in [6.07, 6.45) is 2.32. The summed E-state index contributed by atoms with van der Waals surface area (Å²) in [5.41, 5.74) is 1.35. The van der Waals surface area contributed by atoms with Crippen LogP contribution in [0.1, 0.15) is 31.2 Å². The van der Waals surface area contributed by atoms with E-state index in [2.05, 4.69) is 41.4 Å². The Morgan fingerprint density at radius 2 is 1.84 bits per heavy atom. The number of hydrogen-bond donors (Lipinski definition) is 2. The molecular weight excluding hydrogens is 236 g/mol. The van der Waals surface area contributed by atoms with Gasteiger partial charge in [0.15, 0.2) is 0 Å². The molecule has 19 heavy (non-hydrogen) atoms. The summed E-state index contributed by atoms with van der Waals surface area (Å²) in [6, 6.07) is 10.5. The van der Waals surface area contributed by atoms with Crippen molar-refractivity contribution >= 4 is 0 Å². The fourth-order valence-corrected chi connectivity index (χ4v) is 2.69. The van der Waals surface area contributed by atoms with Crippen LogP contribution in [0.4, 0.5) is 0 Å². The quantitative estimate of drug-likeness (QED) is 0.787. The van der Waals surface area contributed by atoms with E-state index in [0.717, 1.165) is 26.2 Å². The lowest BCUT2D eigenvalue weighted by Crippen LogP contribution is -2.38. The molecule has 1 heterocycles. The highest BCUT2D eigenvalue weighted by atomic mass is 16.3. The van der Waals surface area contributed by atoms with Gasteiger partial charge >= 0.3 is 0 Å². The first kappa shape index (κ1) is 14.5. The summed E-state index contributed by atoms with van der Waals surface area (Å²) >= 11 is 0. The Morgan fingerprint density at radius 3 is 2.53 bits per heavy atom. The van der Waals surface area contributed by atoms with Crippen LogP contribution in [0.5, 0.6) is 0 Å². The third-order valence-electron chi connectivity index (χ3n) is 3.87. The molecule has 0 aromatic heterocycles. The zero-order valence-corrected chi connectivity index (χ0v) is 11.9. The predicted molar refractivity (Wildman–Crippen MR) is 79.4 cm³/mol. The van der Waals surface area contributed by atoms with Crippen LogP contribution in [-0.2, 0) is 0 Å². The number of likely N-dealkylation sites (tertiary alicyclic amines) is 1. The number of nitrogens with one attached hydrogen (secondary N) is 1. The average molecular weight is 262 g/mol. The smallest absolute Gasteiger partial charge is 0.0791 e. The molecule has 2 atom stereocenters. The van der Waals surface area contributed by atoms with Crippen molar-refractivity contribution in [1.29, 1.82) is 0 Å². The van der Waals surface area contributed by atoms with Crippen molar-refractivity contribution in [3.05, 3.63) is 35.9 Å². The Balaban J connectivity index is 1.62. The number of nitrogens with zero attached hydrogens (tertiary/aromatic N) is 1. The third kappa shape index (κ3) is 4.94. The summed E-state index contributed by atoms with van der Waals surface area (Å²) in [5.74, 6) is 0.486. The zero-order chi connectivity index (χ0) is 13.5. The highest BCUT2D eigenvalue weighted by Gasteiger charge is 2.15. The molecule has 1 fully saturated rings. The van der Waals surface area contributed by atoms with Crippen molar-refractivity contribution in [2.24, 2.45) is 0 Å². The molecule has 2 unspecified atom stereocenters. The van der Waals surface area contributed by atoms with E-state index in [0.29, 0.717) is 12.5 Å². The molecule has 2 rings (SSSR count). The molecular formula is C16H26N2O. The van der Waals surface area contributed by atoms with Gasteiger partial charge in [0.25, 0.3) is 0 Å². The summed E-state index contributed by atoms with van der Waals surface area (Å²) < 4.78 is 0. The second-order valence-electron chi connectivity index (χ2n) is 5.63. The molecule has 0 aliphatic carbocycles. The van der Waals surface area contributed by atoms with Gasteiger partial charge in [-0.3, -0.25) is 0 Å². The second-order valence-corrected chi connectivity index (χ2v) is 5.63. The molecule has 106 valence electrons. The van der Waals surface area contributed by atoms with E-state index >= 15 is 0 Å². The molecule has 1 aliphatic heterocycles. The van der Waals surface area contributed by atoms with Gasteiger partial charge < -0.3 is 15.3 Å². The monoisotopic (exact) mass is 262 g/mol. The van der Waals surface area contributed by atoms with Crippen molar-refractivity contribution in [3.8, 4) is 0 Å². The summed E-state index contributed by atoms with van der Waals surface area (Å²) in [7, 11) is 0. The first-order valence-electron chi connectivity index (χ1n) is 7.42. The van der Waals surface area contributed by atoms with E-state index in [9.17, 15) is 5.11 Å². The van der Waals surface area contributed by atoms with Crippen molar-refractivity contribution in [2.75, 3.05) is 32.7 Å². The Labute approximate surface area is 116 Å². The van der Waals surface area contributed by atoms with Crippen LogP contribution < -0.4 is 5.32 Å². The zero-order valence-electron chi connectivity index (χ0n) is 11.9. The van der Waals surface area contributed by atoms with Gasteiger partial charge in [0.1, 0.15) is 0 Å². The maximum Gasteiger partial charge on any atom is 0.0791 e. The largest absolute Gasteiger partial charge is 0.390 e. The van der Waals surface area contributed by atoms with Gasteiger partial charge in [-0.25, -0.2) is 0 Å². The van der Waals surface area contributed by atoms with E-state index in [4.69, 9.17) is 0 Å². The van der Waals surface area contributed by atoms with Gasteiger partial charge in [0.05, 0.1) is 6.10 Å². The minimum Gasteiger partial charge on any atom is -0.390 e. The molecule has 3 heteroatoms. The van der Waals surface area contributed by atoms with E-state index in [1.165, 1.54) is 18.4 Å². The standard InChI is InChI=1S/C16H26N2O/c1-14(15-7-3-2-4-8-15)11-17-12-16(19)13-18-9-5-6-10-18/h2-4,7-8,14,16-17,19H,5-6,9-13H2,1H3. The minimum atomic E-state index is -0.249. The van der Waals surface area contributed by atoms with Gasteiger partial charge in [-0.05, 0) is 37.4 Å². The number of aliphatic hydroxyl groups is 1. The topological polar surface area (TPSA) is 35.5 Å². The molecule has 3 nitrogen and oxygen atoms in total. The molecule has 0 radical (unpaired) electrons. The van der Waals surface area contributed by atoms with Crippen LogP contribution >= 0.6 is 0 Å². The maximum atomic E-state index is 9.99. The first-order valence-corrected chi connectivity index (χ1v) is 7.42. The maximum absolute atomic E-state index is 9.99. The minimum absolute atomic E-state index is 0.249. The van der Waals surface area contributed by atoms with Crippen LogP contribution in [0.15, 0.2) is 30.3 Å². The second kappa shape index (κ2) is 7.63. The lowest BCUT2D eigenvalue weighted by Gasteiger charge is -2.20. The van der Waals surface area contributed by atoms with Gasteiger partial charge in [-0.15, -0.1) is 0 Å². The van der Waals surface area contributed by atoms with Crippen LogP contribution in [0.3, 0.4) is 0 Å². The fraction of sp³-hybridized carbons (Fsp3) is 0.625. The average Bonchev–Trinajstić information content (AvgIpc) is 2.92. The normalized spacial score (nSPS) is 19.5. The SMILES string of the molecule is CC(CNCC(O)CN1CCCC1)c1ccccc1. The van der Waals surface area contributed by atoms with Crippen LogP contribution in [0.25, 0.3) is 0 Å². The molecule has 0 saturated carbocycles. The summed E-state index contributed by atoms with van der Waals surface area (Å²) in [6.45, 7) is 6.94. The molecule has 1 aliphatic rings. The van der Waals surface area contributed by atoms with Crippen LogP contribution in [-0.4, -0.2) is 48.8 Å². The third-order valence-corrected chi connectivity index (χ3v) is 3.87. The Bertz CT molecular complexity index is 349. The van der Waals surface area contributed by atoms with Crippen LogP contribution in [0, 0.1) is 0 Å². The molecule has 0 spiro atoms. The van der Waals surface area contributed by atoms with E-state index in [1.807, 2.05) is 6.07 Å². The predicted octanol–water partition coefficient (Wildman–Crippen LogP) is 1.84. The summed E-state index contributed by atoms with van der Waals surface area (Å²) in [5, 5.41) is 13.4. The number of rotatable bonds is 7. The van der Waals surface area contributed by atoms with Crippen molar-refractivity contribution in [3.63, 3.8) is 0 Å². The highest BCUT2D eigenvalue weighted by Crippen LogP contribution is 2.13. The van der Waals surface area contributed by atoms with Crippen molar-refractivity contribution in [2.45, 2.75) is 31.8 Å². The molecule has 1 aromatic carbocycles. The van der Waals surface area contributed by atoms with Gasteiger partial charge in [-0.2, -0.15) is 0 Å². The van der Waals surface area contributed by atoms with Gasteiger partial charge in [0, 0.05) is 19.6 Å². The molecule has 2 N–H and O–H groups in total. The Hall–Kier alpha value is -0.900. The number of β-amino-alcohol motifs (C(OH)–C–C–N with tert-alkyl or cyclic N) is 1. The van der Waals surface area contributed by atoms with E-state index in [-0.39, 0.29) is 6.10 Å². The van der Waals surface area contributed by atoms with Crippen molar-refractivity contribution in [1.82, 2.24) is 10.2 Å². The number of benzene rings is 1. The summed E-state index contributed by atoms with van der Waals surface area (Å²) in [4.78, 5) is 2.35. The molecule has 0 bridgehead atoms. The Morgan fingerprint density at radius 1 is 1.16 bits per heavy atom. The van der Waals surface area contributed by atoms with Gasteiger partial charge in [-0.1, -0.05) is 37.3 Å². The van der Waals surface area contributed by atoms with Crippen LogP contribution in [0.2, 0.25) is 0 Å². The number of aliphatic hydroxyl groups excluding tert-OH is 1. The Kier molecular flexibility index (Phi) is 5.83. The molecule has 1 saturated heterocycles. The number of hydrogen-bond acceptors (Lipinski definition) is 3. The molecule has 1 aromatic rings. The first-order chi connectivity index (χ1) is 9.25. The van der Waals surface area contributed by atoms with E-state index in [1.54, 1.807) is 0 Å².